The molecule has 0 saturated heterocycles. The molecular weight excluding hydrogens is 388 g/mol. The van der Waals surface area contributed by atoms with Crippen molar-refractivity contribution < 1.29 is 28.2 Å². The van der Waals surface area contributed by atoms with E-state index in [1.54, 1.807) is 24.3 Å². The van der Waals surface area contributed by atoms with Crippen molar-refractivity contribution in [1.29, 1.82) is 0 Å². The summed E-state index contributed by atoms with van der Waals surface area (Å²) < 4.78 is 22.2. The molecule has 2 N–H and O–H groups in total. The summed E-state index contributed by atoms with van der Waals surface area (Å²) in [4.78, 5) is 24.5. The van der Waals surface area contributed by atoms with Crippen molar-refractivity contribution in [2.24, 2.45) is 0 Å². The number of nitrogens with one attached hydrogen (secondary N) is 2. The van der Waals surface area contributed by atoms with Crippen LogP contribution in [0.1, 0.15) is 21.9 Å². The number of ether oxygens (including phenoxy) is 3. The average Bonchev–Trinajstić information content (AvgIpc) is 3.26. The van der Waals surface area contributed by atoms with E-state index in [0.717, 1.165) is 5.56 Å². The second-order valence-electron chi connectivity index (χ2n) is 6.68. The van der Waals surface area contributed by atoms with E-state index < -0.39 is 17.9 Å². The molecule has 1 atom stereocenters. The van der Waals surface area contributed by atoms with Gasteiger partial charge in [-0.05, 0) is 43.3 Å². The molecule has 0 fully saturated rings. The smallest absolute Gasteiger partial charge is 0.305 e. The third-order valence-electron chi connectivity index (χ3n) is 4.39. The van der Waals surface area contributed by atoms with E-state index in [4.69, 9.17) is 18.6 Å². The SMILES string of the molecule is Cc1ccc(OCc2ccc(C(=O)NNC(=O)[C@@H]3COc4ccccc4O3)o2)cc1. The number of carbonyl (C=O) groups is 2. The minimum absolute atomic E-state index is 0.0416. The molecule has 30 heavy (non-hydrogen) atoms. The lowest BCUT2D eigenvalue weighted by atomic mass is 10.2. The largest absolute Gasteiger partial charge is 0.486 e. The monoisotopic (exact) mass is 408 g/mol. The van der Waals surface area contributed by atoms with Crippen molar-refractivity contribution in [3.63, 3.8) is 0 Å². The van der Waals surface area contributed by atoms with Gasteiger partial charge in [0.15, 0.2) is 17.3 Å². The van der Waals surface area contributed by atoms with Gasteiger partial charge in [-0.25, -0.2) is 0 Å². The maximum absolute atomic E-state index is 12.3. The molecule has 2 amide bonds. The zero-order valence-corrected chi connectivity index (χ0v) is 16.2. The van der Waals surface area contributed by atoms with Crippen molar-refractivity contribution >= 4 is 11.8 Å². The Morgan fingerprint density at radius 1 is 1.00 bits per heavy atom. The van der Waals surface area contributed by atoms with Crippen molar-refractivity contribution in [1.82, 2.24) is 10.9 Å². The standard InChI is InChI=1S/C22H20N2O6/c1-14-6-8-15(9-7-14)27-12-16-10-11-19(29-16)21(25)23-24-22(26)20-13-28-17-4-2-3-5-18(17)30-20/h2-11,20H,12-13H2,1H3,(H,23,25)(H,24,26)/t20-/m0/s1. The fourth-order valence-electron chi connectivity index (χ4n) is 2.78. The van der Waals surface area contributed by atoms with E-state index in [1.807, 2.05) is 37.3 Å². The summed E-state index contributed by atoms with van der Waals surface area (Å²) >= 11 is 0. The summed E-state index contributed by atoms with van der Waals surface area (Å²) in [5, 5.41) is 0. The minimum atomic E-state index is -0.879. The van der Waals surface area contributed by atoms with Gasteiger partial charge in [0.2, 0.25) is 6.10 Å². The van der Waals surface area contributed by atoms with Gasteiger partial charge in [0.1, 0.15) is 24.7 Å². The first-order chi connectivity index (χ1) is 14.6. The van der Waals surface area contributed by atoms with Crippen molar-refractivity contribution in [3.05, 3.63) is 77.7 Å². The molecule has 1 aliphatic rings. The normalized spacial score (nSPS) is 14.6. The molecule has 0 radical (unpaired) electrons. The van der Waals surface area contributed by atoms with Gasteiger partial charge < -0.3 is 18.6 Å². The summed E-state index contributed by atoms with van der Waals surface area (Å²) in [5.41, 5.74) is 5.76. The highest BCUT2D eigenvalue weighted by Crippen LogP contribution is 2.30. The topological polar surface area (TPSA) is 99.0 Å². The van der Waals surface area contributed by atoms with E-state index in [-0.39, 0.29) is 19.0 Å². The zero-order valence-electron chi connectivity index (χ0n) is 16.2. The van der Waals surface area contributed by atoms with Crippen LogP contribution in [0.15, 0.2) is 65.1 Å². The molecular formula is C22H20N2O6. The van der Waals surface area contributed by atoms with Gasteiger partial charge in [0.05, 0.1) is 0 Å². The maximum atomic E-state index is 12.3. The third-order valence-corrected chi connectivity index (χ3v) is 4.39. The Hall–Kier alpha value is -3.94. The highest BCUT2D eigenvalue weighted by atomic mass is 16.6. The van der Waals surface area contributed by atoms with Crippen molar-refractivity contribution in [2.75, 3.05) is 6.61 Å². The first-order valence-electron chi connectivity index (χ1n) is 9.35. The number of carbonyl (C=O) groups excluding carboxylic acids is 2. The number of hydrogen-bond acceptors (Lipinski definition) is 6. The average molecular weight is 408 g/mol. The fraction of sp³-hybridized carbons (Fsp3) is 0.182. The number of aryl methyl sites for hydroxylation is 1. The summed E-state index contributed by atoms with van der Waals surface area (Å²) in [7, 11) is 0. The second kappa shape index (κ2) is 8.60. The predicted molar refractivity (Wildman–Crippen MR) is 106 cm³/mol. The van der Waals surface area contributed by atoms with Gasteiger partial charge in [0, 0.05) is 0 Å². The Balaban J connectivity index is 1.26. The predicted octanol–water partition coefficient (Wildman–Crippen LogP) is 2.77. The molecule has 0 bridgehead atoms. The van der Waals surface area contributed by atoms with Crippen LogP contribution in [0.3, 0.4) is 0 Å². The number of benzene rings is 2. The molecule has 2 aromatic carbocycles. The number of hydrazine groups is 1. The quantitative estimate of drug-likeness (QED) is 0.630. The number of fused-ring (bicyclic) bond motifs is 1. The summed E-state index contributed by atoms with van der Waals surface area (Å²) in [6.45, 7) is 2.21. The zero-order chi connectivity index (χ0) is 20.9. The van der Waals surface area contributed by atoms with Crippen LogP contribution in [0.25, 0.3) is 0 Å². The Kier molecular flexibility index (Phi) is 5.56. The Morgan fingerprint density at radius 2 is 1.77 bits per heavy atom. The molecule has 0 unspecified atom stereocenters. The molecule has 1 aliphatic heterocycles. The lowest BCUT2D eigenvalue weighted by molar-refractivity contribution is -0.131. The highest BCUT2D eigenvalue weighted by molar-refractivity contribution is 5.93. The molecule has 2 heterocycles. The number of para-hydroxylation sites is 2. The minimum Gasteiger partial charge on any atom is -0.486 e. The van der Waals surface area contributed by atoms with Crippen LogP contribution in [-0.4, -0.2) is 24.5 Å². The van der Waals surface area contributed by atoms with Gasteiger partial charge >= 0.3 is 5.91 Å². The van der Waals surface area contributed by atoms with Crippen LogP contribution in [-0.2, 0) is 11.4 Å². The number of hydrogen-bond donors (Lipinski definition) is 2. The molecule has 1 aromatic heterocycles. The van der Waals surface area contributed by atoms with E-state index >= 15 is 0 Å². The van der Waals surface area contributed by atoms with Crippen molar-refractivity contribution in [3.8, 4) is 17.2 Å². The Bertz CT molecular complexity index is 1040. The van der Waals surface area contributed by atoms with E-state index in [9.17, 15) is 9.59 Å². The highest BCUT2D eigenvalue weighted by Gasteiger charge is 2.27. The van der Waals surface area contributed by atoms with Crippen LogP contribution in [0.2, 0.25) is 0 Å². The second-order valence-corrected chi connectivity index (χ2v) is 6.68. The van der Waals surface area contributed by atoms with Crippen LogP contribution in [0.4, 0.5) is 0 Å². The van der Waals surface area contributed by atoms with Crippen molar-refractivity contribution in [2.45, 2.75) is 19.6 Å². The summed E-state index contributed by atoms with van der Waals surface area (Å²) in [6.07, 6.45) is -0.879. The van der Waals surface area contributed by atoms with E-state index in [1.165, 1.54) is 6.07 Å². The summed E-state index contributed by atoms with van der Waals surface area (Å²) in [6, 6.07) is 17.8. The number of rotatable bonds is 5. The van der Waals surface area contributed by atoms with E-state index in [0.29, 0.717) is 23.0 Å². The Labute approximate surface area is 172 Å². The Morgan fingerprint density at radius 3 is 2.57 bits per heavy atom. The first kappa shape index (κ1) is 19.4. The molecule has 0 aliphatic carbocycles. The molecule has 4 rings (SSSR count). The van der Waals surface area contributed by atoms with E-state index in [2.05, 4.69) is 10.9 Å². The fourth-order valence-corrected chi connectivity index (χ4v) is 2.78. The number of amides is 2. The molecule has 3 aromatic rings. The van der Waals surface area contributed by atoms with Crippen LogP contribution < -0.4 is 25.1 Å². The maximum Gasteiger partial charge on any atom is 0.305 e. The molecule has 8 heteroatoms. The van der Waals surface area contributed by atoms with Crippen LogP contribution in [0, 0.1) is 6.92 Å². The molecule has 154 valence electrons. The first-order valence-corrected chi connectivity index (χ1v) is 9.35. The van der Waals surface area contributed by atoms with Gasteiger partial charge in [-0.3, -0.25) is 20.4 Å². The lowest BCUT2D eigenvalue weighted by Gasteiger charge is -2.25. The summed E-state index contributed by atoms with van der Waals surface area (Å²) in [5.74, 6) is 1.14. The molecule has 0 spiro atoms. The van der Waals surface area contributed by atoms with Gasteiger partial charge in [-0.2, -0.15) is 0 Å². The number of furan rings is 1. The van der Waals surface area contributed by atoms with Gasteiger partial charge in [-0.1, -0.05) is 29.8 Å². The van der Waals surface area contributed by atoms with Gasteiger partial charge in [0.25, 0.3) is 5.91 Å². The molecule has 8 nitrogen and oxygen atoms in total. The third kappa shape index (κ3) is 4.54. The van der Waals surface area contributed by atoms with Crippen LogP contribution in [0.5, 0.6) is 17.2 Å². The lowest BCUT2D eigenvalue weighted by Crippen LogP contribution is -2.50. The molecule has 0 saturated carbocycles. The van der Waals surface area contributed by atoms with Gasteiger partial charge in [-0.15, -0.1) is 0 Å². The van der Waals surface area contributed by atoms with Crippen LogP contribution >= 0.6 is 0 Å².